The molecule has 0 amide bonds. The number of ether oxygens (including phenoxy) is 2. The molecule has 1 aromatic rings. The molecule has 0 saturated carbocycles. The van der Waals surface area contributed by atoms with Gasteiger partial charge in [-0.3, -0.25) is 4.98 Å². The Labute approximate surface area is 110 Å². The molecule has 0 aliphatic rings. The fourth-order valence-corrected chi connectivity index (χ4v) is 1.49. The third-order valence-electron chi connectivity index (χ3n) is 2.87. The van der Waals surface area contributed by atoms with Gasteiger partial charge in [0.25, 0.3) is 0 Å². The Morgan fingerprint density at radius 3 is 2.67 bits per heavy atom. The van der Waals surface area contributed by atoms with Crippen LogP contribution in [0.4, 0.5) is 0 Å². The van der Waals surface area contributed by atoms with Gasteiger partial charge in [-0.15, -0.1) is 0 Å². The Balaban J connectivity index is 2.33. The van der Waals surface area contributed by atoms with Crippen LogP contribution in [0.15, 0.2) is 18.2 Å². The Morgan fingerprint density at radius 1 is 1.28 bits per heavy atom. The fourth-order valence-electron chi connectivity index (χ4n) is 1.49. The molecule has 0 aliphatic carbocycles. The molecule has 0 radical (unpaired) electrons. The van der Waals surface area contributed by atoms with Gasteiger partial charge in [-0.25, -0.2) is 0 Å². The van der Waals surface area contributed by atoms with E-state index in [1.807, 2.05) is 25.2 Å². The molecule has 4 nitrogen and oxygen atoms in total. The summed E-state index contributed by atoms with van der Waals surface area (Å²) in [5.41, 5.74) is 1.88. The SMILES string of the molecule is CNCc1cccc(COCCC(C)(C)OC)n1. The molecule has 1 rings (SSSR count). The average Bonchev–Trinajstić information content (AvgIpc) is 2.36. The summed E-state index contributed by atoms with van der Waals surface area (Å²) in [5, 5.41) is 3.09. The second kappa shape index (κ2) is 7.46. The van der Waals surface area contributed by atoms with E-state index in [-0.39, 0.29) is 5.60 Å². The summed E-state index contributed by atoms with van der Waals surface area (Å²) in [6.07, 6.45) is 0.875. The molecule has 1 N–H and O–H groups in total. The van der Waals surface area contributed by atoms with E-state index >= 15 is 0 Å². The molecule has 0 unspecified atom stereocenters. The number of aromatic nitrogens is 1. The predicted octanol–water partition coefficient (Wildman–Crippen LogP) is 2.13. The highest BCUT2D eigenvalue weighted by molar-refractivity contribution is 5.10. The van der Waals surface area contributed by atoms with Crippen molar-refractivity contribution in [2.24, 2.45) is 0 Å². The smallest absolute Gasteiger partial charge is 0.0887 e. The number of hydrogen-bond acceptors (Lipinski definition) is 4. The zero-order valence-corrected chi connectivity index (χ0v) is 11.8. The molecule has 0 aromatic carbocycles. The third kappa shape index (κ3) is 5.58. The predicted molar refractivity (Wildman–Crippen MR) is 72.4 cm³/mol. The molecule has 102 valence electrons. The maximum atomic E-state index is 5.63. The van der Waals surface area contributed by atoms with Crippen LogP contribution in [0.5, 0.6) is 0 Å². The zero-order valence-electron chi connectivity index (χ0n) is 11.8. The third-order valence-corrected chi connectivity index (χ3v) is 2.87. The van der Waals surface area contributed by atoms with Gasteiger partial charge >= 0.3 is 0 Å². The lowest BCUT2D eigenvalue weighted by molar-refractivity contribution is -0.0128. The molecular weight excluding hydrogens is 228 g/mol. The summed E-state index contributed by atoms with van der Waals surface area (Å²) in [6.45, 7) is 6.13. The first-order chi connectivity index (χ1) is 8.57. The molecule has 1 aromatic heterocycles. The molecule has 0 bridgehead atoms. The van der Waals surface area contributed by atoms with Crippen LogP contribution in [0.3, 0.4) is 0 Å². The first-order valence-corrected chi connectivity index (χ1v) is 6.30. The molecule has 0 atom stereocenters. The van der Waals surface area contributed by atoms with Gasteiger partial charge < -0.3 is 14.8 Å². The summed E-state index contributed by atoms with van der Waals surface area (Å²) in [7, 11) is 3.64. The highest BCUT2D eigenvalue weighted by Gasteiger charge is 2.15. The van der Waals surface area contributed by atoms with Crippen LogP contribution in [0.1, 0.15) is 31.7 Å². The van der Waals surface area contributed by atoms with Crippen LogP contribution in [0.25, 0.3) is 0 Å². The van der Waals surface area contributed by atoms with Crippen LogP contribution in [-0.2, 0) is 22.6 Å². The van der Waals surface area contributed by atoms with Crippen molar-refractivity contribution in [1.29, 1.82) is 0 Å². The van der Waals surface area contributed by atoms with E-state index in [4.69, 9.17) is 9.47 Å². The minimum absolute atomic E-state index is 0.124. The van der Waals surface area contributed by atoms with Gasteiger partial charge in [-0.2, -0.15) is 0 Å². The summed E-state index contributed by atoms with van der Waals surface area (Å²) in [5.74, 6) is 0. The minimum Gasteiger partial charge on any atom is -0.379 e. The molecule has 0 saturated heterocycles. The second-order valence-electron chi connectivity index (χ2n) is 4.92. The molecule has 0 spiro atoms. The van der Waals surface area contributed by atoms with E-state index in [0.717, 1.165) is 24.4 Å². The van der Waals surface area contributed by atoms with E-state index in [1.165, 1.54) is 0 Å². The molecule has 18 heavy (non-hydrogen) atoms. The summed E-state index contributed by atoms with van der Waals surface area (Å²) >= 11 is 0. The number of hydrogen-bond donors (Lipinski definition) is 1. The first-order valence-electron chi connectivity index (χ1n) is 6.30. The highest BCUT2D eigenvalue weighted by Crippen LogP contribution is 2.13. The lowest BCUT2D eigenvalue weighted by Gasteiger charge is -2.22. The van der Waals surface area contributed by atoms with Gasteiger partial charge in [0, 0.05) is 20.3 Å². The fraction of sp³-hybridized carbons (Fsp3) is 0.643. The van der Waals surface area contributed by atoms with Crippen molar-refractivity contribution in [2.75, 3.05) is 20.8 Å². The van der Waals surface area contributed by atoms with Gasteiger partial charge in [0.15, 0.2) is 0 Å². The number of methoxy groups -OCH3 is 1. The molecule has 0 fully saturated rings. The van der Waals surface area contributed by atoms with Crippen molar-refractivity contribution in [2.45, 2.75) is 39.0 Å². The number of nitrogens with one attached hydrogen (secondary N) is 1. The quantitative estimate of drug-likeness (QED) is 0.720. The Kier molecular flexibility index (Phi) is 6.25. The van der Waals surface area contributed by atoms with Crippen molar-refractivity contribution in [3.8, 4) is 0 Å². The largest absolute Gasteiger partial charge is 0.379 e. The van der Waals surface area contributed by atoms with E-state index in [0.29, 0.717) is 13.2 Å². The summed E-state index contributed by atoms with van der Waals surface area (Å²) < 4.78 is 11.0. The lowest BCUT2D eigenvalue weighted by Crippen LogP contribution is -2.24. The Hall–Kier alpha value is -0.970. The van der Waals surface area contributed by atoms with Crippen LogP contribution in [0.2, 0.25) is 0 Å². The molecule has 1 heterocycles. The number of nitrogens with zero attached hydrogens (tertiary/aromatic N) is 1. The maximum Gasteiger partial charge on any atom is 0.0887 e. The zero-order chi connectivity index (χ0) is 13.4. The monoisotopic (exact) mass is 252 g/mol. The number of rotatable bonds is 8. The van der Waals surface area contributed by atoms with E-state index in [2.05, 4.69) is 24.1 Å². The van der Waals surface area contributed by atoms with Crippen molar-refractivity contribution in [3.05, 3.63) is 29.6 Å². The molecule has 4 heteroatoms. The number of pyridine rings is 1. The average molecular weight is 252 g/mol. The van der Waals surface area contributed by atoms with Crippen molar-refractivity contribution >= 4 is 0 Å². The first kappa shape index (κ1) is 15.1. The van der Waals surface area contributed by atoms with E-state index in [1.54, 1.807) is 7.11 Å². The molecular formula is C14H24N2O2. The van der Waals surface area contributed by atoms with Crippen LogP contribution >= 0.6 is 0 Å². The van der Waals surface area contributed by atoms with E-state index in [9.17, 15) is 0 Å². The normalized spacial score (nSPS) is 11.8. The topological polar surface area (TPSA) is 43.4 Å². The van der Waals surface area contributed by atoms with Crippen LogP contribution in [-0.4, -0.2) is 31.3 Å². The summed E-state index contributed by atoms with van der Waals surface area (Å²) in [4.78, 5) is 4.50. The minimum atomic E-state index is -0.124. The Morgan fingerprint density at radius 2 is 2.00 bits per heavy atom. The van der Waals surface area contributed by atoms with E-state index < -0.39 is 0 Å². The maximum absolute atomic E-state index is 5.63. The molecule has 0 aliphatic heterocycles. The van der Waals surface area contributed by atoms with Crippen molar-refractivity contribution in [3.63, 3.8) is 0 Å². The van der Waals surface area contributed by atoms with Gasteiger partial charge in [-0.05, 0) is 39.4 Å². The second-order valence-corrected chi connectivity index (χ2v) is 4.92. The van der Waals surface area contributed by atoms with Gasteiger partial charge in [0.2, 0.25) is 0 Å². The highest BCUT2D eigenvalue weighted by atomic mass is 16.5. The lowest BCUT2D eigenvalue weighted by atomic mass is 10.1. The summed E-state index contributed by atoms with van der Waals surface area (Å²) in [6, 6.07) is 6.01. The Bertz CT molecular complexity index is 353. The van der Waals surface area contributed by atoms with Crippen LogP contribution < -0.4 is 5.32 Å². The van der Waals surface area contributed by atoms with Gasteiger partial charge in [-0.1, -0.05) is 6.07 Å². The van der Waals surface area contributed by atoms with Crippen molar-refractivity contribution < 1.29 is 9.47 Å². The van der Waals surface area contributed by atoms with Gasteiger partial charge in [0.05, 0.1) is 23.6 Å². The van der Waals surface area contributed by atoms with Crippen molar-refractivity contribution in [1.82, 2.24) is 10.3 Å². The standard InChI is InChI=1S/C14H24N2O2/c1-14(2,17-4)8-9-18-11-13-7-5-6-12(16-13)10-15-3/h5-7,15H,8-11H2,1-4H3. The van der Waals surface area contributed by atoms with Gasteiger partial charge in [0.1, 0.15) is 0 Å². The van der Waals surface area contributed by atoms with Crippen LogP contribution in [0, 0.1) is 0 Å².